The quantitative estimate of drug-likeness (QED) is 0.209. The van der Waals surface area contributed by atoms with Crippen LogP contribution in [0.3, 0.4) is 0 Å². The molecule has 0 aromatic heterocycles. The fourth-order valence-electron chi connectivity index (χ4n) is 8.61. The molecule has 4 aromatic rings. The van der Waals surface area contributed by atoms with E-state index in [-0.39, 0.29) is 6.03 Å². The molecule has 2 saturated heterocycles. The summed E-state index contributed by atoms with van der Waals surface area (Å²) in [4.78, 5) is 22.7. The van der Waals surface area contributed by atoms with Crippen molar-refractivity contribution in [3.63, 3.8) is 0 Å². The SMILES string of the molecule is CC1(O)CN(C2c3cc(-c4ccc(C(F)(F)F)cc4)ccc3CCN2C(=O)N2CCc3ccc(-c4ccc(C(F)(F)F)cc4)cc3C2N2CC(C)(O)C2)C1. The molecule has 2 amide bonds. The van der Waals surface area contributed by atoms with Crippen molar-refractivity contribution >= 4 is 6.03 Å². The molecule has 4 aliphatic rings. The number of urea groups is 1. The van der Waals surface area contributed by atoms with Crippen LogP contribution in [-0.4, -0.2) is 86.3 Å². The number of β-amino-alcohol motifs (C(OH)–C–C–N with tert-alkyl or cyclic N) is 2. The Balaban J connectivity index is 1.15. The highest BCUT2D eigenvalue weighted by Crippen LogP contribution is 2.44. The molecule has 2 unspecified atom stereocenters. The van der Waals surface area contributed by atoms with Crippen LogP contribution in [0.2, 0.25) is 0 Å². The van der Waals surface area contributed by atoms with Crippen LogP contribution in [0.1, 0.15) is 59.6 Å². The number of aliphatic hydroxyl groups is 2. The fourth-order valence-corrected chi connectivity index (χ4v) is 8.61. The second-order valence-corrected chi connectivity index (χ2v) is 15.7. The van der Waals surface area contributed by atoms with Gasteiger partial charge in [-0.3, -0.25) is 9.80 Å². The number of hydrogen-bond acceptors (Lipinski definition) is 5. The predicted molar refractivity (Wildman–Crippen MR) is 190 cm³/mol. The number of likely N-dealkylation sites (tertiary alicyclic amines) is 2. The van der Waals surface area contributed by atoms with Crippen LogP contribution in [0.25, 0.3) is 22.3 Å². The first kappa shape index (κ1) is 36.5. The number of hydrogen-bond donors (Lipinski definition) is 2. The molecule has 0 saturated carbocycles. The van der Waals surface area contributed by atoms with Crippen molar-refractivity contribution in [2.75, 3.05) is 39.3 Å². The maximum atomic E-state index is 15.0. The smallest absolute Gasteiger partial charge is 0.388 e. The average Bonchev–Trinajstić information content (AvgIpc) is 3.10. The first-order valence-corrected chi connectivity index (χ1v) is 18.0. The summed E-state index contributed by atoms with van der Waals surface area (Å²) in [5.41, 5.74) is 2.91. The highest BCUT2D eigenvalue weighted by atomic mass is 19.4. The van der Waals surface area contributed by atoms with Gasteiger partial charge in [0.15, 0.2) is 0 Å². The van der Waals surface area contributed by atoms with E-state index >= 15 is 4.79 Å². The maximum absolute atomic E-state index is 15.0. The van der Waals surface area contributed by atoms with Gasteiger partial charge in [-0.15, -0.1) is 0 Å². The Hall–Kier alpha value is -4.43. The lowest BCUT2D eigenvalue weighted by Crippen LogP contribution is -2.67. The Kier molecular flexibility index (Phi) is 8.68. The number of carbonyl (C=O) groups is 1. The van der Waals surface area contributed by atoms with Gasteiger partial charge in [-0.2, -0.15) is 26.3 Å². The summed E-state index contributed by atoms with van der Waals surface area (Å²) in [6, 6.07) is 21.3. The van der Waals surface area contributed by atoms with Gasteiger partial charge in [0.05, 0.1) is 22.3 Å². The van der Waals surface area contributed by atoms with E-state index in [9.17, 15) is 36.6 Å². The van der Waals surface area contributed by atoms with Crippen molar-refractivity contribution in [2.45, 2.75) is 62.6 Å². The molecule has 0 radical (unpaired) electrons. The molecule has 54 heavy (non-hydrogen) atoms. The van der Waals surface area contributed by atoms with Crippen molar-refractivity contribution < 1.29 is 41.4 Å². The predicted octanol–water partition coefficient (Wildman–Crippen LogP) is 7.73. The van der Waals surface area contributed by atoms with Crippen molar-refractivity contribution in [2.24, 2.45) is 0 Å². The van der Waals surface area contributed by atoms with Crippen LogP contribution >= 0.6 is 0 Å². The molecule has 4 aliphatic heterocycles. The second kappa shape index (κ2) is 12.8. The van der Waals surface area contributed by atoms with E-state index in [0.717, 1.165) is 46.5 Å². The summed E-state index contributed by atoms with van der Waals surface area (Å²) < 4.78 is 79.9. The molecule has 0 aliphatic carbocycles. The van der Waals surface area contributed by atoms with E-state index in [1.807, 2.05) is 56.0 Å². The molecule has 2 N–H and O–H groups in total. The molecule has 8 rings (SSSR count). The highest BCUT2D eigenvalue weighted by Gasteiger charge is 2.50. The Morgan fingerprint density at radius 3 is 1.22 bits per heavy atom. The zero-order chi connectivity index (χ0) is 38.4. The molecule has 0 bridgehead atoms. The summed E-state index contributed by atoms with van der Waals surface area (Å²) in [7, 11) is 0. The van der Waals surface area contributed by atoms with Crippen molar-refractivity contribution in [3.8, 4) is 22.3 Å². The molecular formula is C41H40F6N4O3. The van der Waals surface area contributed by atoms with E-state index in [0.29, 0.717) is 74.4 Å². The zero-order valence-electron chi connectivity index (χ0n) is 29.8. The summed E-state index contributed by atoms with van der Waals surface area (Å²) in [6.45, 7) is 5.47. The summed E-state index contributed by atoms with van der Waals surface area (Å²) in [6.07, 6.45) is -8.96. The summed E-state index contributed by atoms with van der Waals surface area (Å²) in [5, 5.41) is 21.6. The van der Waals surface area contributed by atoms with Crippen LogP contribution < -0.4 is 0 Å². The van der Waals surface area contributed by atoms with E-state index < -0.39 is 47.0 Å². The lowest BCUT2D eigenvalue weighted by atomic mass is 9.87. The number of nitrogens with zero attached hydrogens (tertiary/aromatic N) is 4. The van der Waals surface area contributed by atoms with Gasteiger partial charge in [-0.25, -0.2) is 4.79 Å². The number of fused-ring (bicyclic) bond motifs is 2. The van der Waals surface area contributed by atoms with E-state index in [1.165, 1.54) is 24.3 Å². The topological polar surface area (TPSA) is 70.5 Å². The third-order valence-corrected chi connectivity index (χ3v) is 11.1. The standard InChI is InChI=1S/C41H40F6N4O3/c1-38(53)21-48(22-38)35-33-19-29(25-7-11-31(12-8-25)40(42,43)44)5-3-27(33)15-17-50(35)37(52)51-18-16-28-4-6-30(26-9-13-32(14-10-26)41(45,46)47)20-34(28)36(51)49-23-39(2,54)24-49/h3-14,19-20,35-36,53-54H,15-18,21-24H2,1-2H3. The van der Waals surface area contributed by atoms with Crippen molar-refractivity contribution in [3.05, 3.63) is 118 Å². The van der Waals surface area contributed by atoms with Gasteiger partial charge in [0.1, 0.15) is 12.3 Å². The Morgan fingerprint density at radius 1 is 0.574 bits per heavy atom. The molecule has 13 heteroatoms. The lowest BCUT2D eigenvalue weighted by Gasteiger charge is -2.56. The average molecular weight is 751 g/mol. The minimum Gasteiger partial charge on any atom is -0.388 e. The van der Waals surface area contributed by atoms with E-state index in [2.05, 4.69) is 0 Å². The second-order valence-electron chi connectivity index (χ2n) is 15.7. The van der Waals surface area contributed by atoms with Crippen LogP contribution in [0.5, 0.6) is 0 Å². The van der Waals surface area contributed by atoms with Crippen LogP contribution in [-0.2, 0) is 25.2 Å². The van der Waals surface area contributed by atoms with Gasteiger partial charge >= 0.3 is 18.4 Å². The molecule has 7 nitrogen and oxygen atoms in total. The normalized spacial score (nSPS) is 22.6. The summed E-state index contributed by atoms with van der Waals surface area (Å²) >= 11 is 0. The third-order valence-electron chi connectivity index (χ3n) is 11.1. The maximum Gasteiger partial charge on any atom is 0.416 e. The largest absolute Gasteiger partial charge is 0.416 e. The molecule has 2 atom stereocenters. The van der Waals surface area contributed by atoms with Crippen molar-refractivity contribution in [1.82, 2.24) is 19.6 Å². The monoisotopic (exact) mass is 750 g/mol. The van der Waals surface area contributed by atoms with Gasteiger partial charge < -0.3 is 20.0 Å². The van der Waals surface area contributed by atoms with Gasteiger partial charge in [-0.1, -0.05) is 48.5 Å². The lowest BCUT2D eigenvalue weighted by molar-refractivity contribution is -0.142. The van der Waals surface area contributed by atoms with E-state index in [1.54, 1.807) is 13.8 Å². The number of rotatable bonds is 4. The first-order valence-electron chi connectivity index (χ1n) is 18.0. The summed E-state index contributed by atoms with van der Waals surface area (Å²) in [5.74, 6) is 0. The zero-order valence-corrected chi connectivity index (χ0v) is 29.8. The number of alkyl halides is 6. The van der Waals surface area contributed by atoms with Crippen LogP contribution in [0, 0.1) is 0 Å². The number of carbonyl (C=O) groups excluding carboxylic acids is 1. The number of halogens is 6. The highest BCUT2D eigenvalue weighted by molar-refractivity contribution is 5.78. The Bertz CT molecular complexity index is 1920. The van der Waals surface area contributed by atoms with Gasteiger partial charge in [0.2, 0.25) is 0 Å². The fraction of sp³-hybridized carbons (Fsp3) is 0.390. The van der Waals surface area contributed by atoms with Crippen molar-refractivity contribution in [1.29, 1.82) is 0 Å². The molecule has 2 fully saturated rings. The van der Waals surface area contributed by atoms with E-state index in [4.69, 9.17) is 0 Å². The van der Waals surface area contributed by atoms with Gasteiger partial charge in [0.25, 0.3) is 0 Å². The molecular weight excluding hydrogens is 710 g/mol. The number of amides is 2. The first-order chi connectivity index (χ1) is 25.4. The number of benzene rings is 4. The molecule has 4 heterocycles. The molecule has 284 valence electrons. The van der Waals surface area contributed by atoms with Crippen LogP contribution in [0.15, 0.2) is 84.9 Å². The third kappa shape index (κ3) is 6.76. The van der Waals surface area contributed by atoms with Gasteiger partial charge in [0, 0.05) is 39.3 Å². The minimum atomic E-state index is -4.46. The Morgan fingerprint density at radius 2 is 0.907 bits per heavy atom. The van der Waals surface area contributed by atoms with Crippen LogP contribution in [0.4, 0.5) is 31.1 Å². The minimum absolute atomic E-state index is 0.237. The molecule has 4 aromatic carbocycles. The Labute approximate surface area is 309 Å². The molecule has 0 spiro atoms. The van der Waals surface area contributed by atoms with Gasteiger partial charge in [-0.05, 0) is 108 Å².